The minimum absolute atomic E-state index is 0.0153. The summed E-state index contributed by atoms with van der Waals surface area (Å²) >= 11 is 0. The molecule has 0 radical (unpaired) electrons. The molecule has 1 aliphatic rings. The van der Waals surface area contributed by atoms with Crippen molar-refractivity contribution in [3.05, 3.63) is 17.5 Å². The molecule has 2 rings (SSSR count). The number of rotatable bonds is 5. The van der Waals surface area contributed by atoms with Gasteiger partial charge in [0, 0.05) is 13.6 Å². The number of aryl methyl sites for hydroxylation is 2. The minimum Gasteiger partial charge on any atom is -0.351 e. The van der Waals surface area contributed by atoms with Crippen LogP contribution >= 0.6 is 0 Å². The topological polar surface area (TPSA) is 59.0 Å². The van der Waals surface area contributed by atoms with Gasteiger partial charge in [-0.1, -0.05) is 6.92 Å². The summed E-state index contributed by atoms with van der Waals surface area (Å²) in [5.74, 6) is 0.685. The van der Waals surface area contributed by atoms with Gasteiger partial charge < -0.3 is 10.6 Å². The Labute approximate surface area is 114 Å². The molecule has 0 bridgehead atoms. The van der Waals surface area contributed by atoms with Crippen molar-refractivity contribution in [3.8, 4) is 0 Å². The van der Waals surface area contributed by atoms with Gasteiger partial charge in [-0.25, -0.2) is 0 Å². The Bertz CT molecular complexity index is 421. The predicted molar refractivity (Wildman–Crippen MR) is 75.1 cm³/mol. The molecule has 2 heterocycles. The van der Waals surface area contributed by atoms with Crippen LogP contribution in [-0.2, 0) is 13.5 Å². The van der Waals surface area contributed by atoms with Crippen LogP contribution in [0.15, 0.2) is 6.07 Å². The van der Waals surface area contributed by atoms with Gasteiger partial charge in [0.1, 0.15) is 5.69 Å². The third-order valence-electron chi connectivity index (χ3n) is 3.76. The Balaban J connectivity index is 1.78. The highest BCUT2D eigenvalue weighted by Crippen LogP contribution is 2.13. The average molecular weight is 264 g/mol. The molecule has 1 amide bonds. The standard InChI is InChI=1S/C14H24N4O/c1-3-12-9-13(18(2)17-12)14(19)16-8-6-11-5-4-7-15-10-11/h9,11,15H,3-8,10H2,1-2H3,(H,16,19). The third kappa shape index (κ3) is 3.80. The van der Waals surface area contributed by atoms with Gasteiger partial charge in [-0.3, -0.25) is 9.48 Å². The first-order valence-electron chi connectivity index (χ1n) is 7.22. The van der Waals surface area contributed by atoms with Crippen molar-refractivity contribution in [1.29, 1.82) is 0 Å². The highest BCUT2D eigenvalue weighted by Gasteiger charge is 2.15. The van der Waals surface area contributed by atoms with Gasteiger partial charge in [-0.05, 0) is 50.8 Å². The van der Waals surface area contributed by atoms with Crippen LogP contribution in [0.1, 0.15) is 42.4 Å². The summed E-state index contributed by atoms with van der Waals surface area (Å²) in [7, 11) is 1.82. The Hall–Kier alpha value is -1.36. The number of hydrogen-bond acceptors (Lipinski definition) is 3. The zero-order chi connectivity index (χ0) is 13.7. The second kappa shape index (κ2) is 6.70. The molecule has 0 spiro atoms. The number of aromatic nitrogens is 2. The van der Waals surface area contributed by atoms with Crippen LogP contribution in [0.2, 0.25) is 0 Å². The molecule has 1 fully saturated rings. The number of carbonyl (C=O) groups excluding carboxylic acids is 1. The molecule has 1 aromatic rings. The van der Waals surface area contributed by atoms with Crippen LogP contribution in [0, 0.1) is 5.92 Å². The molecule has 0 aromatic carbocycles. The van der Waals surface area contributed by atoms with E-state index in [0.717, 1.165) is 38.2 Å². The van der Waals surface area contributed by atoms with E-state index in [9.17, 15) is 4.79 Å². The normalized spacial score (nSPS) is 19.4. The number of nitrogens with zero attached hydrogens (tertiary/aromatic N) is 2. The molecule has 1 aromatic heterocycles. The van der Waals surface area contributed by atoms with Crippen LogP contribution in [-0.4, -0.2) is 35.3 Å². The summed E-state index contributed by atoms with van der Waals surface area (Å²) in [6, 6.07) is 1.87. The fraction of sp³-hybridized carbons (Fsp3) is 0.714. The highest BCUT2D eigenvalue weighted by molar-refractivity contribution is 5.92. The summed E-state index contributed by atoms with van der Waals surface area (Å²) in [6.45, 7) is 5.01. The number of piperidine rings is 1. The molecule has 1 unspecified atom stereocenters. The van der Waals surface area contributed by atoms with E-state index in [1.54, 1.807) is 4.68 Å². The van der Waals surface area contributed by atoms with Gasteiger partial charge in [-0.2, -0.15) is 5.10 Å². The van der Waals surface area contributed by atoms with Crippen molar-refractivity contribution < 1.29 is 4.79 Å². The lowest BCUT2D eigenvalue weighted by Gasteiger charge is -2.22. The Morgan fingerprint density at radius 3 is 3.11 bits per heavy atom. The smallest absolute Gasteiger partial charge is 0.269 e. The quantitative estimate of drug-likeness (QED) is 0.837. The van der Waals surface area contributed by atoms with Gasteiger partial charge >= 0.3 is 0 Å². The van der Waals surface area contributed by atoms with Crippen LogP contribution in [0.5, 0.6) is 0 Å². The van der Waals surface area contributed by atoms with E-state index < -0.39 is 0 Å². The fourth-order valence-electron chi connectivity index (χ4n) is 2.56. The molecule has 5 nitrogen and oxygen atoms in total. The Kier molecular flexibility index (Phi) is 4.96. The molecule has 1 atom stereocenters. The minimum atomic E-state index is -0.0153. The number of carbonyl (C=O) groups is 1. The monoisotopic (exact) mass is 264 g/mol. The van der Waals surface area contributed by atoms with Crippen molar-refractivity contribution in [1.82, 2.24) is 20.4 Å². The van der Waals surface area contributed by atoms with Crippen LogP contribution in [0.3, 0.4) is 0 Å². The second-order valence-corrected chi connectivity index (χ2v) is 5.26. The van der Waals surface area contributed by atoms with Crippen LogP contribution < -0.4 is 10.6 Å². The molecule has 2 N–H and O–H groups in total. The van der Waals surface area contributed by atoms with Crippen molar-refractivity contribution in [2.75, 3.05) is 19.6 Å². The fourth-order valence-corrected chi connectivity index (χ4v) is 2.56. The largest absolute Gasteiger partial charge is 0.351 e. The zero-order valence-electron chi connectivity index (χ0n) is 11.9. The molecule has 5 heteroatoms. The lowest BCUT2D eigenvalue weighted by Crippen LogP contribution is -2.33. The average Bonchev–Trinajstić information content (AvgIpc) is 2.81. The van der Waals surface area contributed by atoms with Crippen LogP contribution in [0.4, 0.5) is 0 Å². The molecular formula is C14H24N4O. The molecule has 1 aliphatic heterocycles. The van der Waals surface area contributed by atoms with Gasteiger partial charge in [0.15, 0.2) is 0 Å². The summed E-state index contributed by atoms with van der Waals surface area (Å²) in [6.07, 6.45) is 4.43. The van der Waals surface area contributed by atoms with Crippen molar-refractivity contribution >= 4 is 5.91 Å². The maximum atomic E-state index is 12.0. The maximum Gasteiger partial charge on any atom is 0.269 e. The van der Waals surface area contributed by atoms with Crippen molar-refractivity contribution in [2.24, 2.45) is 13.0 Å². The van der Waals surface area contributed by atoms with E-state index in [2.05, 4.69) is 15.7 Å². The van der Waals surface area contributed by atoms with Gasteiger partial charge in [-0.15, -0.1) is 0 Å². The first-order chi connectivity index (χ1) is 9.20. The van der Waals surface area contributed by atoms with Crippen molar-refractivity contribution in [3.63, 3.8) is 0 Å². The Morgan fingerprint density at radius 2 is 2.47 bits per heavy atom. The summed E-state index contributed by atoms with van der Waals surface area (Å²) in [5, 5.41) is 10.7. The highest BCUT2D eigenvalue weighted by atomic mass is 16.2. The number of amides is 1. The van der Waals surface area contributed by atoms with E-state index in [1.807, 2.05) is 20.0 Å². The summed E-state index contributed by atoms with van der Waals surface area (Å²) < 4.78 is 1.66. The molecule has 106 valence electrons. The summed E-state index contributed by atoms with van der Waals surface area (Å²) in [5.41, 5.74) is 1.61. The second-order valence-electron chi connectivity index (χ2n) is 5.26. The summed E-state index contributed by atoms with van der Waals surface area (Å²) in [4.78, 5) is 12.0. The lowest BCUT2D eigenvalue weighted by molar-refractivity contribution is 0.0941. The number of hydrogen-bond donors (Lipinski definition) is 2. The van der Waals surface area contributed by atoms with Crippen LogP contribution in [0.25, 0.3) is 0 Å². The molecule has 1 saturated heterocycles. The van der Waals surface area contributed by atoms with E-state index >= 15 is 0 Å². The van der Waals surface area contributed by atoms with Gasteiger partial charge in [0.05, 0.1) is 5.69 Å². The molecule has 0 aliphatic carbocycles. The lowest BCUT2D eigenvalue weighted by atomic mass is 9.96. The van der Waals surface area contributed by atoms with Gasteiger partial charge in [0.25, 0.3) is 5.91 Å². The van der Waals surface area contributed by atoms with E-state index in [-0.39, 0.29) is 5.91 Å². The first kappa shape index (κ1) is 14.1. The SMILES string of the molecule is CCc1cc(C(=O)NCCC2CCCNC2)n(C)n1. The number of nitrogens with one attached hydrogen (secondary N) is 2. The van der Waals surface area contributed by atoms with Gasteiger partial charge in [0.2, 0.25) is 0 Å². The molecule has 19 heavy (non-hydrogen) atoms. The molecule has 0 saturated carbocycles. The van der Waals surface area contributed by atoms with E-state index in [0.29, 0.717) is 11.6 Å². The maximum absolute atomic E-state index is 12.0. The zero-order valence-corrected chi connectivity index (χ0v) is 11.9. The predicted octanol–water partition coefficient (Wildman–Crippen LogP) is 1.10. The first-order valence-corrected chi connectivity index (χ1v) is 7.22. The molecular weight excluding hydrogens is 240 g/mol. The van der Waals surface area contributed by atoms with E-state index in [4.69, 9.17) is 0 Å². The Morgan fingerprint density at radius 1 is 1.63 bits per heavy atom. The third-order valence-corrected chi connectivity index (χ3v) is 3.76. The van der Waals surface area contributed by atoms with E-state index in [1.165, 1.54) is 12.8 Å². The van der Waals surface area contributed by atoms with Crippen molar-refractivity contribution in [2.45, 2.75) is 32.6 Å².